The molecule has 0 aliphatic rings. The third-order valence-electron chi connectivity index (χ3n) is 0. The van der Waals surface area contributed by atoms with Crippen LogP contribution in [0.1, 0.15) is 0 Å². The van der Waals surface area contributed by atoms with Crippen LogP contribution < -0.4 is 0 Å². The maximum atomic E-state index is 7.21. The zero-order valence-electron chi connectivity index (χ0n) is 2.38. The molecule has 0 amide bonds. The van der Waals surface area contributed by atoms with Gasteiger partial charge in [0.05, 0.1) is 0 Å². The maximum Gasteiger partial charge on any atom is 0 e. The smallest absolute Gasteiger partial charge is 0 e. The Hall–Kier alpha value is 0.312. The summed E-state index contributed by atoms with van der Waals surface area (Å²) in [6, 6.07) is 1.50. The molecule has 1 nitrogen and oxygen atoms in total. The van der Waals surface area contributed by atoms with Crippen molar-refractivity contribution in [3.05, 3.63) is 6.92 Å². The van der Waals surface area contributed by atoms with Crippen molar-refractivity contribution in [1.82, 2.24) is 0 Å². The average molecular weight is 183 g/mol. The van der Waals surface area contributed by atoms with Gasteiger partial charge in [-0.05, 0) is 0 Å². The Morgan fingerprint density at radius 2 is 1.60 bits per heavy atom. The molecule has 0 aromatic carbocycles. The predicted molar refractivity (Wildman–Crippen MR) is 18.2 cm³/mol. The van der Waals surface area contributed by atoms with Gasteiger partial charge in [-0.1, -0.05) is 0 Å². The van der Waals surface area contributed by atoms with E-state index in [4.69, 9.17) is 5.26 Å². The summed E-state index contributed by atoms with van der Waals surface area (Å²) in [5.74, 6) is 0. The van der Waals surface area contributed by atoms with Gasteiger partial charge in [0.15, 0.2) is 0 Å². The van der Waals surface area contributed by atoms with Gasteiger partial charge in [0.25, 0.3) is 0 Å². The van der Waals surface area contributed by atoms with Gasteiger partial charge in [-0.15, -0.1) is 18.5 Å². The van der Waals surface area contributed by atoms with Gasteiger partial charge in [-0.2, -0.15) is 0 Å². The van der Waals surface area contributed by atoms with E-state index in [1.807, 2.05) is 0 Å². The summed E-state index contributed by atoms with van der Waals surface area (Å²) in [4.78, 5) is 0. The van der Waals surface area contributed by atoms with Crippen LogP contribution in [0, 0.1) is 18.3 Å². The summed E-state index contributed by atoms with van der Waals surface area (Å²) in [5, 5.41) is 7.21. The molecule has 0 radical (unpaired) electrons. The van der Waals surface area contributed by atoms with Gasteiger partial charge >= 0.3 is 0 Å². The standard InChI is InChI=1S/C2H2N.ClH.Pd/c1-2-3;;/h1H2;1H;/q-1;;. The van der Waals surface area contributed by atoms with Gasteiger partial charge in [0.1, 0.15) is 0 Å². The minimum atomic E-state index is 0. The van der Waals surface area contributed by atoms with E-state index in [1.54, 1.807) is 0 Å². The largest absolute Gasteiger partial charge is 0.305 e. The van der Waals surface area contributed by atoms with E-state index in [9.17, 15) is 0 Å². The Morgan fingerprint density at radius 1 is 1.60 bits per heavy atom. The van der Waals surface area contributed by atoms with E-state index in [2.05, 4.69) is 6.92 Å². The molecule has 0 aliphatic carbocycles. The number of hydrogen-bond donors (Lipinski definition) is 0. The van der Waals surface area contributed by atoms with Crippen molar-refractivity contribution in [2.75, 3.05) is 0 Å². The minimum Gasteiger partial charge on any atom is -0.305 e. The van der Waals surface area contributed by atoms with Crippen LogP contribution in [0.25, 0.3) is 0 Å². The van der Waals surface area contributed by atoms with E-state index in [-0.39, 0.29) is 32.8 Å². The molecule has 0 spiro atoms. The Bertz CT molecular complexity index is 31.1. The van der Waals surface area contributed by atoms with Crippen molar-refractivity contribution in [3.8, 4) is 6.07 Å². The zero-order chi connectivity index (χ0) is 2.71. The van der Waals surface area contributed by atoms with Crippen LogP contribution in [0.2, 0.25) is 0 Å². The van der Waals surface area contributed by atoms with Crippen molar-refractivity contribution >= 4 is 12.4 Å². The molecule has 0 aromatic heterocycles. The first-order valence-corrected chi connectivity index (χ1v) is 0.577. The molecule has 5 heavy (non-hydrogen) atoms. The second-order valence-corrected chi connectivity index (χ2v) is 0.158. The Kier molecular flexibility index (Phi) is 102. The van der Waals surface area contributed by atoms with E-state index in [0.29, 0.717) is 0 Å². The summed E-state index contributed by atoms with van der Waals surface area (Å²) in [7, 11) is 0. The average Bonchev–Trinajstić information content (AvgIpc) is 0.918. The van der Waals surface area contributed by atoms with E-state index >= 15 is 0 Å². The van der Waals surface area contributed by atoms with E-state index in [0.717, 1.165) is 0 Å². The SMILES string of the molecule is Cl.[CH2-]C#N.[Pd]. The van der Waals surface area contributed by atoms with Gasteiger partial charge < -0.3 is 6.92 Å². The third kappa shape index (κ3) is 236. The quantitative estimate of drug-likeness (QED) is 0.401. The molecule has 0 atom stereocenters. The molecule has 0 aliphatic heterocycles. The molecule has 3 heteroatoms. The Labute approximate surface area is 51.4 Å². The fraction of sp³-hybridized carbons (Fsp3) is 0. The first-order valence-electron chi connectivity index (χ1n) is 0.577. The summed E-state index contributed by atoms with van der Waals surface area (Å²) < 4.78 is 0. The van der Waals surface area contributed by atoms with Crippen molar-refractivity contribution in [2.45, 2.75) is 0 Å². The van der Waals surface area contributed by atoms with Gasteiger partial charge in [0.2, 0.25) is 0 Å². The Morgan fingerprint density at radius 3 is 1.60 bits per heavy atom. The second kappa shape index (κ2) is 27.5. The number of rotatable bonds is 0. The predicted octanol–water partition coefficient (Wildman–Crippen LogP) is 0.763. The number of nitrogens with zero attached hydrogens (tertiary/aromatic N) is 1. The summed E-state index contributed by atoms with van der Waals surface area (Å²) in [5.41, 5.74) is 0. The number of hydrogen-bond acceptors (Lipinski definition) is 1. The van der Waals surface area contributed by atoms with Crippen molar-refractivity contribution < 1.29 is 20.4 Å². The molecule has 0 rings (SSSR count). The molecule has 0 heterocycles. The zero-order valence-corrected chi connectivity index (χ0v) is 4.75. The first-order chi connectivity index (χ1) is 1.41. The molecule has 34 valence electrons. The molecule has 0 bridgehead atoms. The third-order valence-corrected chi connectivity index (χ3v) is 0. The topological polar surface area (TPSA) is 23.8 Å². The molecule has 0 saturated heterocycles. The molecule has 0 unspecified atom stereocenters. The fourth-order valence-corrected chi connectivity index (χ4v) is 0. The van der Waals surface area contributed by atoms with E-state index in [1.165, 1.54) is 6.07 Å². The van der Waals surface area contributed by atoms with Crippen molar-refractivity contribution in [2.24, 2.45) is 0 Å². The van der Waals surface area contributed by atoms with Crippen LogP contribution in [0.5, 0.6) is 0 Å². The Balaban J connectivity index is -0.0000000200. The summed E-state index contributed by atoms with van der Waals surface area (Å²) >= 11 is 0. The molecule has 0 saturated carbocycles. The van der Waals surface area contributed by atoms with Crippen molar-refractivity contribution in [1.29, 1.82) is 5.26 Å². The van der Waals surface area contributed by atoms with E-state index < -0.39 is 0 Å². The van der Waals surface area contributed by atoms with Crippen LogP contribution in [0.4, 0.5) is 0 Å². The van der Waals surface area contributed by atoms with Gasteiger partial charge in [-0.3, -0.25) is 0 Å². The maximum absolute atomic E-state index is 7.21. The van der Waals surface area contributed by atoms with Crippen LogP contribution >= 0.6 is 12.4 Å². The van der Waals surface area contributed by atoms with Crippen LogP contribution in [-0.2, 0) is 20.4 Å². The molecular weight excluding hydrogens is 180 g/mol. The molecule has 0 fully saturated rings. The second-order valence-electron chi connectivity index (χ2n) is 0.158. The summed E-state index contributed by atoms with van der Waals surface area (Å²) in [6.07, 6.45) is 0. The van der Waals surface area contributed by atoms with Crippen LogP contribution in [-0.4, -0.2) is 0 Å². The van der Waals surface area contributed by atoms with Crippen LogP contribution in [0.15, 0.2) is 0 Å². The first kappa shape index (κ1) is 18.5. The summed E-state index contributed by atoms with van der Waals surface area (Å²) in [6.45, 7) is 2.79. The minimum absolute atomic E-state index is 0. The van der Waals surface area contributed by atoms with Gasteiger partial charge in [0, 0.05) is 20.4 Å². The number of halogens is 1. The normalized spacial score (nSPS) is 1.40. The molecular formula is C2H3ClNPd-. The molecule has 0 N–H and O–H groups in total. The van der Waals surface area contributed by atoms with Crippen molar-refractivity contribution in [3.63, 3.8) is 0 Å². The monoisotopic (exact) mass is 182 g/mol. The molecule has 0 aromatic rings. The van der Waals surface area contributed by atoms with Gasteiger partial charge in [-0.25, -0.2) is 5.26 Å². The number of nitriles is 1. The van der Waals surface area contributed by atoms with Crippen LogP contribution in [0.3, 0.4) is 0 Å². The fourth-order valence-electron chi connectivity index (χ4n) is 0.